The maximum atomic E-state index is 12.9. The number of ether oxygens (including phenoxy) is 2. The van der Waals surface area contributed by atoms with E-state index in [9.17, 15) is 9.59 Å². The Labute approximate surface area is 166 Å². The second-order valence-electron chi connectivity index (χ2n) is 8.73. The predicted molar refractivity (Wildman–Crippen MR) is 105 cm³/mol. The average Bonchev–Trinajstić information content (AvgIpc) is 3.19. The van der Waals surface area contributed by atoms with Gasteiger partial charge in [0.1, 0.15) is 11.4 Å². The van der Waals surface area contributed by atoms with E-state index in [4.69, 9.17) is 9.47 Å². The summed E-state index contributed by atoms with van der Waals surface area (Å²) in [5, 5.41) is 0. The van der Waals surface area contributed by atoms with Crippen LogP contribution in [0.15, 0.2) is 46.3 Å². The summed E-state index contributed by atoms with van der Waals surface area (Å²) in [6.07, 6.45) is 13.8. The second-order valence-corrected chi connectivity index (χ2v) is 8.73. The first-order valence-electron chi connectivity index (χ1n) is 10.9. The van der Waals surface area contributed by atoms with Gasteiger partial charge in [-0.15, -0.1) is 0 Å². The molecule has 2 heterocycles. The van der Waals surface area contributed by atoms with Crippen LogP contribution in [0.5, 0.6) is 0 Å². The van der Waals surface area contributed by atoms with Gasteiger partial charge in [0.25, 0.3) is 0 Å². The van der Waals surface area contributed by atoms with E-state index in [1.54, 1.807) is 0 Å². The van der Waals surface area contributed by atoms with Crippen LogP contribution in [0.1, 0.15) is 65.2 Å². The van der Waals surface area contributed by atoms with Gasteiger partial charge < -0.3 is 9.47 Å². The van der Waals surface area contributed by atoms with E-state index in [2.05, 4.69) is 26.0 Å². The van der Waals surface area contributed by atoms with Crippen LogP contribution in [-0.4, -0.2) is 17.5 Å². The molecular weight excluding hydrogens is 352 g/mol. The van der Waals surface area contributed by atoms with Gasteiger partial charge in [-0.1, -0.05) is 38.8 Å². The largest absolute Gasteiger partial charge is 0.450 e. The Morgan fingerprint density at radius 2 is 2.04 bits per heavy atom. The van der Waals surface area contributed by atoms with E-state index in [0.29, 0.717) is 11.8 Å². The number of rotatable bonds is 4. The highest BCUT2D eigenvalue weighted by molar-refractivity contribution is 5.99. The van der Waals surface area contributed by atoms with Crippen molar-refractivity contribution in [3.8, 4) is 0 Å². The van der Waals surface area contributed by atoms with Crippen LogP contribution < -0.4 is 0 Å². The third kappa shape index (κ3) is 2.18. The Kier molecular flexibility index (Phi) is 4.15. The van der Waals surface area contributed by atoms with Crippen molar-refractivity contribution in [3.05, 3.63) is 46.3 Å². The summed E-state index contributed by atoms with van der Waals surface area (Å²) in [5.41, 5.74) is 3.16. The number of hydrogen-bond donors (Lipinski definition) is 0. The van der Waals surface area contributed by atoms with Crippen LogP contribution in [-0.2, 0) is 19.1 Å². The molecule has 3 aliphatic carbocycles. The van der Waals surface area contributed by atoms with Crippen LogP contribution in [0, 0.1) is 17.8 Å². The maximum absolute atomic E-state index is 12.9. The van der Waals surface area contributed by atoms with E-state index >= 15 is 0 Å². The number of cyclic esters (lactones) is 1. The molecule has 4 heteroatoms. The summed E-state index contributed by atoms with van der Waals surface area (Å²) in [6, 6.07) is 0. The van der Waals surface area contributed by atoms with Gasteiger partial charge in [0.05, 0.1) is 11.1 Å². The van der Waals surface area contributed by atoms with Crippen molar-refractivity contribution in [2.75, 3.05) is 0 Å². The predicted octanol–water partition coefficient (Wildman–Crippen LogP) is 4.92. The second kappa shape index (κ2) is 6.47. The zero-order valence-electron chi connectivity index (χ0n) is 16.8. The lowest BCUT2D eigenvalue weighted by Gasteiger charge is -2.61. The fraction of sp³-hybridized carbons (Fsp3) is 0.583. The van der Waals surface area contributed by atoms with Crippen molar-refractivity contribution in [1.82, 2.24) is 0 Å². The van der Waals surface area contributed by atoms with Crippen molar-refractivity contribution in [2.45, 2.75) is 70.8 Å². The minimum atomic E-state index is -0.613. The van der Waals surface area contributed by atoms with E-state index < -0.39 is 5.60 Å². The number of carbonyl (C=O) groups excluding carboxylic acids is 2. The van der Waals surface area contributed by atoms with Crippen LogP contribution in [0.25, 0.3) is 0 Å². The maximum Gasteiger partial charge on any atom is 0.340 e. The molecule has 5 rings (SSSR count). The van der Waals surface area contributed by atoms with Crippen LogP contribution in [0.3, 0.4) is 0 Å². The van der Waals surface area contributed by atoms with Crippen molar-refractivity contribution in [2.24, 2.45) is 17.8 Å². The van der Waals surface area contributed by atoms with Gasteiger partial charge in [0, 0.05) is 17.4 Å². The number of hydrogen-bond acceptors (Lipinski definition) is 4. The lowest BCUT2D eigenvalue weighted by molar-refractivity contribution is -0.197. The van der Waals surface area contributed by atoms with Crippen molar-refractivity contribution in [1.29, 1.82) is 0 Å². The Balaban J connectivity index is 1.63. The molecule has 5 aliphatic rings. The van der Waals surface area contributed by atoms with Gasteiger partial charge in [-0.3, -0.25) is 0 Å². The lowest BCUT2D eigenvalue weighted by atomic mass is 9.44. The third-order valence-electron chi connectivity index (χ3n) is 7.38. The van der Waals surface area contributed by atoms with Crippen LogP contribution >= 0.6 is 0 Å². The van der Waals surface area contributed by atoms with Gasteiger partial charge in [0.2, 0.25) is 0 Å². The number of esters is 2. The fourth-order valence-electron chi connectivity index (χ4n) is 6.39. The molecule has 0 radical (unpaired) electrons. The Morgan fingerprint density at radius 3 is 2.82 bits per heavy atom. The Bertz CT molecular complexity index is 871. The summed E-state index contributed by atoms with van der Waals surface area (Å²) < 4.78 is 11.9. The molecule has 1 saturated carbocycles. The number of unbranched alkanes of at least 4 members (excludes halogenated alkanes) is 1. The first-order valence-corrected chi connectivity index (χ1v) is 10.9. The van der Waals surface area contributed by atoms with E-state index in [1.165, 1.54) is 0 Å². The lowest BCUT2D eigenvalue weighted by Crippen LogP contribution is -2.65. The molecule has 0 aromatic rings. The third-order valence-corrected chi connectivity index (χ3v) is 7.38. The average molecular weight is 380 g/mol. The molecule has 148 valence electrons. The summed E-state index contributed by atoms with van der Waals surface area (Å²) in [4.78, 5) is 25.7. The molecule has 0 aromatic heterocycles. The Hall–Kier alpha value is -2.10. The minimum absolute atomic E-state index is 0.0317. The zero-order valence-corrected chi connectivity index (χ0v) is 16.8. The minimum Gasteiger partial charge on any atom is -0.450 e. The molecule has 0 aromatic carbocycles. The SMILES string of the molecule is CCC/C=C1\OC(=O)C2=C1CCC1[C@@H](CCC)[C@@]3(OC(=O)C4=C3CCC=C4)[C@@H]21. The number of fused-ring (bicyclic) bond motifs is 4. The van der Waals surface area contributed by atoms with Crippen LogP contribution in [0.2, 0.25) is 0 Å². The number of allylic oxidation sites excluding steroid dienone is 3. The van der Waals surface area contributed by atoms with E-state index in [-0.39, 0.29) is 17.9 Å². The molecule has 1 unspecified atom stereocenters. The first kappa shape index (κ1) is 18.0. The topological polar surface area (TPSA) is 52.6 Å². The molecule has 1 spiro atoms. The van der Waals surface area contributed by atoms with Gasteiger partial charge in [-0.05, 0) is 56.1 Å². The molecule has 0 amide bonds. The summed E-state index contributed by atoms with van der Waals surface area (Å²) in [7, 11) is 0. The van der Waals surface area contributed by atoms with Crippen molar-refractivity contribution in [3.63, 3.8) is 0 Å². The van der Waals surface area contributed by atoms with E-state index in [0.717, 1.165) is 79.4 Å². The molecule has 28 heavy (non-hydrogen) atoms. The summed E-state index contributed by atoms with van der Waals surface area (Å²) >= 11 is 0. The monoisotopic (exact) mass is 380 g/mol. The Morgan fingerprint density at radius 1 is 1.18 bits per heavy atom. The normalized spacial score (nSPS) is 37.1. The van der Waals surface area contributed by atoms with E-state index in [1.807, 2.05) is 6.08 Å². The zero-order chi connectivity index (χ0) is 19.5. The highest BCUT2D eigenvalue weighted by Crippen LogP contribution is 2.68. The highest BCUT2D eigenvalue weighted by Gasteiger charge is 2.71. The molecule has 0 bridgehead atoms. The standard InChI is InChI=1S/C24H28O4/c1-3-5-11-19-16-13-12-14-17(8-4-2)24(21(14)20(16)23(26)27-19)18-10-7-6-9-15(18)22(25)28-24/h6,9,11,14,17,21H,3-5,7-8,10,12-13H2,1-2H3/b19-11-/t14?,17-,21-,24+/m1/s1. The summed E-state index contributed by atoms with van der Waals surface area (Å²) in [5.74, 6) is 1.04. The molecule has 4 nitrogen and oxygen atoms in total. The van der Waals surface area contributed by atoms with Crippen LogP contribution in [0.4, 0.5) is 0 Å². The van der Waals surface area contributed by atoms with Gasteiger partial charge in [-0.25, -0.2) is 9.59 Å². The highest BCUT2D eigenvalue weighted by atomic mass is 16.6. The smallest absolute Gasteiger partial charge is 0.340 e. The quantitative estimate of drug-likeness (QED) is 0.650. The molecule has 1 fully saturated rings. The molecule has 0 saturated heterocycles. The first-order chi connectivity index (χ1) is 13.6. The van der Waals surface area contributed by atoms with Gasteiger partial charge >= 0.3 is 11.9 Å². The van der Waals surface area contributed by atoms with Gasteiger partial charge in [0.15, 0.2) is 0 Å². The molecule has 4 atom stereocenters. The van der Waals surface area contributed by atoms with Crippen molar-refractivity contribution < 1.29 is 19.1 Å². The fourth-order valence-corrected chi connectivity index (χ4v) is 6.39. The molecule has 0 N–H and O–H groups in total. The summed E-state index contributed by atoms with van der Waals surface area (Å²) in [6.45, 7) is 4.32. The number of carbonyl (C=O) groups is 2. The molecular formula is C24H28O4. The van der Waals surface area contributed by atoms with Crippen molar-refractivity contribution >= 4 is 11.9 Å². The molecule has 2 aliphatic heterocycles. The van der Waals surface area contributed by atoms with Gasteiger partial charge in [-0.2, -0.15) is 0 Å².